The summed E-state index contributed by atoms with van der Waals surface area (Å²) in [7, 11) is 3.93. The highest BCUT2D eigenvalue weighted by Gasteiger charge is 2.25. The van der Waals surface area contributed by atoms with Crippen molar-refractivity contribution in [3.63, 3.8) is 0 Å². The second-order valence-corrected chi connectivity index (χ2v) is 10.1. The van der Waals surface area contributed by atoms with Crippen LogP contribution in [-0.4, -0.2) is 41.2 Å². The summed E-state index contributed by atoms with van der Waals surface area (Å²) in [5.74, 6) is -0.183. The van der Waals surface area contributed by atoms with Gasteiger partial charge in [0.25, 0.3) is 0 Å². The van der Waals surface area contributed by atoms with Crippen LogP contribution in [0.4, 0.5) is 0 Å². The van der Waals surface area contributed by atoms with Crippen LogP contribution in [0.15, 0.2) is 18.2 Å². The fraction of sp³-hybridized carbons (Fsp3) is 0.750. The Balaban J connectivity index is 0.0000102. The van der Waals surface area contributed by atoms with Crippen LogP contribution in [0.1, 0.15) is 115 Å². The maximum Gasteiger partial charge on any atom is 0.317 e. The molecule has 0 aliphatic rings. The number of hydrogen-bond donors (Lipinski definition) is 2. The van der Waals surface area contributed by atoms with Crippen LogP contribution in [0.3, 0.4) is 0 Å². The Hall–Kier alpha value is -1.26. The molecular weight excluding hydrogens is 434 g/mol. The van der Waals surface area contributed by atoms with Gasteiger partial charge in [0.2, 0.25) is 0 Å². The highest BCUT2D eigenvalue weighted by Crippen LogP contribution is 2.25. The van der Waals surface area contributed by atoms with Crippen LogP contribution in [0.2, 0.25) is 0 Å². The summed E-state index contributed by atoms with van der Waals surface area (Å²) < 4.78 is 0.361. The number of rotatable bonds is 19. The molecule has 0 radical (unpaired) electrons. The molecule has 1 aromatic carbocycles. The van der Waals surface area contributed by atoms with E-state index in [4.69, 9.17) is 0 Å². The third kappa shape index (κ3) is 15.3. The van der Waals surface area contributed by atoms with Crippen molar-refractivity contribution in [2.24, 2.45) is 0 Å². The minimum atomic E-state index is -0.168. The smallest absolute Gasteiger partial charge is 0.317 e. The maximum atomic E-state index is 12.6. The van der Waals surface area contributed by atoms with Gasteiger partial charge in [0.1, 0.15) is 0 Å². The SMILES string of the molecule is CCCCCCCCCCCCCCCCCC[N+](C)(C)C(=O)Cc1ccc(O)c(O)c1.[Cl-]. The van der Waals surface area contributed by atoms with Crippen molar-refractivity contribution in [3.8, 4) is 11.5 Å². The molecule has 0 atom stereocenters. The van der Waals surface area contributed by atoms with E-state index >= 15 is 0 Å². The van der Waals surface area contributed by atoms with Gasteiger partial charge >= 0.3 is 5.91 Å². The third-order valence-electron chi connectivity index (χ3n) is 6.64. The Morgan fingerprint density at radius 3 is 1.55 bits per heavy atom. The summed E-state index contributed by atoms with van der Waals surface area (Å²) in [5.41, 5.74) is 0.739. The fourth-order valence-electron chi connectivity index (χ4n) is 4.25. The van der Waals surface area contributed by atoms with Crippen molar-refractivity contribution in [1.29, 1.82) is 0 Å². The quantitative estimate of drug-likeness (QED) is 0.173. The van der Waals surface area contributed by atoms with Gasteiger partial charge in [-0.2, -0.15) is 0 Å². The van der Waals surface area contributed by atoms with Crippen molar-refractivity contribution >= 4 is 5.91 Å². The molecule has 0 aromatic heterocycles. The highest BCUT2D eigenvalue weighted by molar-refractivity contribution is 5.72. The number of aromatic hydroxyl groups is 2. The first-order chi connectivity index (χ1) is 15.4. The maximum absolute atomic E-state index is 12.6. The predicted molar refractivity (Wildman–Crippen MR) is 135 cm³/mol. The number of hydrogen-bond acceptors (Lipinski definition) is 3. The molecule has 0 aliphatic heterocycles. The molecule has 1 amide bonds. The summed E-state index contributed by atoms with van der Waals surface area (Å²) in [6.45, 7) is 3.13. The van der Waals surface area contributed by atoms with E-state index in [1.165, 1.54) is 108 Å². The zero-order chi connectivity index (χ0) is 23.7. The molecule has 0 heterocycles. The molecule has 0 bridgehead atoms. The Bertz CT molecular complexity index is 634. The summed E-state index contributed by atoms with van der Waals surface area (Å²) in [6, 6.07) is 4.61. The molecule has 0 aliphatic carbocycles. The monoisotopic (exact) mass is 483 g/mol. The fourth-order valence-corrected chi connectivity index (χ4v) is 4.25. The normalized spacial score (nSPS) is 11.4. The molecule has 192 valence electrons. The van der Waals surface area contributed by atoms with Gasteiger partial charge in [0.15, 0.2) is 11.5 Å². The third-order valence-corrected chi connectivity index (χ3v) is 6.64. The van der Waals surface area contributed by atoms with E-state index in [-0.39, 0.29) is 36.2 Å². The Kier molecular flexibility index (Phi) is 18.4. The number of likely N-dealkylation sites (N-methyl/N-ethyl adjacent to an activating group) is 1. The first-order valence-electron chi connectivity index (χ1n) is 13.2. The lowest BCUT2D eigenvalue weighted by atomic mass is 10.0. The molecule has 4 nitrogen and oxygen atoms in total. The molecule has 0 saturated heterocycles. The summed E-state index contributed by atoms with van der Waals surface area (Å²) in [5, 5.41) is 19.0. The number of carbonyl (C=O) groups excluding carboxylic acids is 1. The number of quaternary nitrogens is 1. The van der Waals surface area contributed by atoms with Crippen molar-refractivity contribution in [3.05, 3.63) is 23.8 Å². The van der Waals surface area contributed by atoms with Gasteiger partial charge in [-0.25, -0.2) is 4.79 Å². The number of phenolic OH excluding ortho intramolecular Hbond substituents is 2. The Morgan fingerprint density at radius 1 is 0.697 bits per heavy atom. The number of phenols is 2. The summed E-state index contributed by atoms with van der Waals surface area (Å²) in [6.07, 6.45) is 21.9. The first-order valence-corrected chi connectivity index (χ1v) is 13.2. The van der Waals surface area contributed by atoms with Crippen molar-refractivity contribution in [2.45, 2.75) is 116 Å². The minimum absolute atomic E-state index is 0. The molecule has 0 spiro atoms. The van der Waals surface area contributed by atoms with Crippen LogP contribution < -0.4 is 12.4 Å². The van der Waals surface area contributed by atoms with E-state index in [0.717, 1.165) is 18.5 Å². The van der Waals surface area contributed by atoms with E-state index in [2.05, 4.69) is 6.92 Å². The van der Waals surface area contributed by atoms with E-state index in [1.807, 2.05) is 14.1 Å². The molecular formula is C28H50ClNO3. The second kappa shape index (κ2) is 19.1. The molecule has 0 fully saturated rings. The second-order valence-electron chi connectivity index (χ2n) is 10.1. The van der Waals surface area contributed by atoms with Crippen LogP contribution >= 0.6 is 0 Å². The van der Waals surface area contributed by atoms with Gasteiger partial charge in [0, 0.05) is 0 Å². The lowest BCUT2D eigenvalue weighted by Gasteiger charge is -2.27. The summed E-state index contributed by atoms with van der Waals surface area (Å²) >= 11 is 0. The molecule has 1 rings (SSSR count). The zero-order valence-electron chi connectivity index (χ0n) is 21.6. The lowest BCUT2D eigenvalue weighted by Crippen LogP contribution is -3.00. The average molecular weight is 484 g/mol. The van der Waals surface area contributed by atoms with Gasteiger partial charge in [-0.15, -0.1) is 0 Å². The number of halogens is 1. The van der Waals surface area contributed by atoms with Gasteiger partial charge in [-0.05, 0) is 30.5 Å². The number of nitrogens with zero attached hydrogens (tertiary/aromatic N) is 1. The highest BCUT2D eigenvalue weighted by atomic mass is 35.5. The molecule has 0 saturated carbocycles. The van der Waals surface area contributed by atoms with Crippen LogP contribution in [-0.2, 0) is 11.2 Å². The molecule has 1 aromatic rings. The molecule has 33 heavy (non-hydrogen) atoms. The van der Waals surface area contributed by atoms with Crippen molar-refractivity contribution < 1.29 is 31.9 Å². The van der Waals surface area contributed by atoms with Crippen molar-refractivity contribution in [2.75, 3.05) is 20.6 Å². The number of amides is 1. The van der Waals surface area contributed by atoms with Gasteiger partial charge in [0.05, 0.1) is 27.1 Å². The van der Waals surface area contributed by atoms with Gasteiger partial charge in [-0.3, -0.25) is 4.48 Å². The number of carbonyl (C=O) groups is 1. The average Bonchev–Trinajstić information content (AvgIpc) is 2.76. The molecule has 0 unspecified atom stereocenters. The molecule has 2 N–H and O–H groups in total. The van der Waals surface area contributed by atoms with Crippen LogP contribution in [0, 0.1) is 0 Å². The zero-order valence-corrected chi connectivity index (χ0v) is 22.3. The number of unbranched alkanes of at least 4 members (excludes halogenated alkanes) is 15. The minimum Gasteiger partial charge on any atom is -1.00 e. The lowest BCUT2D eigenvalue weighted by molar-refractivity contribution is -0.814. The standard InChI is InChI=1S/C28H49NO3.ClH/c1-4-5-6-7-8-9-10-11-12-13-14-15-16-17-18-19-22-29(2,3)28(32)24-25-20-21-26(30)27(31)23-25;/h20-21,23H,4-19,22,24H2,1-3H3,(H-,30,31);1H. The van der Waals surface area contributed by atoms with E-state index in [9.17, 15) is 15.0 Å². The van der Waals surface area contributed by atoms with Crippen molar-refractivity contribution in [1.82, 2.24) is 0 Å². The van der Waals surface area contributed by atoms with E-state index in [1.54, 1.807) is 6.07 Å². The summed E-state index contributed by atoms with van der Waals surface area (Å²) in [4.78, 5) is 12.6. The number of benzene rings is 1. The van der Waals surface area contributed by atoms with Gasteiger partial charge < -0.3 is 22.6 Å². The van der Waals surface area contributed by atoms with E-state index in [0.29, 0.717) is 4.48 Å². The molecule has 5 heteroatoms. The van der Waals surface area contributed by atoms with E-state index < -0.39 is 0 Å². The first kappa shape index (κ1) is 31.7. The Labute approximate surface area is 209 Å². The largest absolute Gasteiger partial charge is 1.00 e. The van der Waals surface area contributed by atoms with Crippen LogP contribution in [0.25, 0.3) is 0 Å². The van der Waals surface area contributed by atoms with Crippen LogP contribution in [0.5, 0.6) is 11.5 Å². The van der Waals surface area contributed by atoms with Gasteiger partial charge in [-0.1, -0.05) is 103 Å². The topological polar surface area (TPSA) is 57.5 Å². The predicted octanol–water partition coefficient (Wildman–Crippen LogP) is 4.51. The Morgan fingerprint density at radius 2 is 1.12 bits per heavy atom.